The second kappa shape index (κ2) is 36.6. The number of ether oxygens (including phenoxy) is 4. The predicted molar refractivity (Wildman–Crippen MR) is 398 cm³/mol. The second-order valence-corrected chi connectivity index (χ2v) is 36.4. The summed E-state index contributed by atoms with van der Waals surface area (Å²) in [5, 5.41) is 21.1. The van der Waals surface area contributed by atoms with Gasteiger partial charge >= 0.3 is 37.8 Å². The summed E-state index contributed by atoms with van der Waals surface area (Å²) >= 11 is 1.39. The Morgan fingerprint density at radius 2 is 1.10 bits per heavy atom. The molecule has 3 unspecified atom stereocenters. The van der Waals surface area contributed by atoms with Gasteiger partial charge in [-0.1, -0.05) is 52.0 Å². The molecule has 0 bridgehead atoms. The summed E-state index contributed by atoms with van der Waals surface area (Å²) in [6.07, 6.45) is -7.28. The molecule has 6 aromatic rings. The van der Waals surface area contributed by atoms with E-state index in [1.165, 1.54) is 40.2 Å². The number of benzene rings is 2. The lowest BCUT2D eigenvalue weighted by Gasteiger charge is -2.30. The number of nitrogens with zero attached hydrogens (tertiary/aromatic N) is 7. The first-order valence-corrected chi connectivity index (χ1v) is 41.1. The van der Waals surface area contributed by atoms with Crippen LogP contribution < -0.4 is 65.3 Å². The molecule has 594 valence electrons. The quantitative estimate of drug-likeness (QED) is 0.0177. The maximum absolute atomic E-state index is 17.8. The number of alkyl halides is 1. The Kier molecular flexibility index (Phi) is 28.2. The fraction of sp³-hybridized carbons (Fsp3) is 0.545. The van der Waals surface area contributed by atoms with Crippen LogP contribution in [0.25, 0.3) is 22.3 Å². The molecule has 3 saturated heterocycles. The summed E-state index contributed by atoms with van der Waals surface area (Å²) in [6, 6.07) is 6.42. The van der Waals surface area contributed by atoms with Crippen LogP contribution in [0.4, 0.5) is 40.8 Å². The number of urea groups is 2. The summed E-state index contributed by atoms with van der Waals surface area (Å²) in [7, 11) is 0. The second-order valence-electron chi connectivity index (χ2n) is 28.4. The molecule has 0 saturated carbocycles. The van der Waals surface area contributed by atoms with Gasteiger partial charge < -0.3 is 83.7 Å². The van der Waals surface area contributed by atoms with Crippen molar-refractivity contribution < 1.29 is 88.9 Å². The number of alkyl carbamates (subject to hydrolysis) is 2. The lowest BCUT2D eigenvalue weighted by molar-refractivity contribution is -0.128. The van der Waals surface area contributed by atoms with Crippen LogP contribution >= 0.6 is 36.4 Å². The van der Waals surface area contributed by atoms with E-state index in [9.17, 15) is 43.2 Å². The molecule has 0 radical (unpaired) electrons. The Morgan fingerprint density at radius 3 is 1.60 bits per heavy atom. The number of primary amides is 2. The molecule has 0 aliphatic carbocycles. The minimum atomic E-state index is -4.70. The monoisotopic (exact) mass is 1600 g/mol. The van der Waals surface area contributed by atoms with Gasteiger partial charge in [-0.2, -0.15) is 0 Å². The summed E-state index contributed by atoms with van der Waals surface area (Å²) < 4.78 is 101. The molecule has 4 aromatic heterocycles. The molecule has 3 fully saturated rings. The number of amides is 10. The van der Waals surface area contributed by atoms with E-state index < -0.39 is 170 Å². The number of fused-ring (bicyclic) bond motifs is 4. The number of anilines is 3. The van der Waals surface area contributed by atoms with Gasteiger partial charge in [-0.05, 0) is 137 Å². The van der Waals surface area contributed by atoms with E-state index in [0.29, 0.717) is 22.5 Å². The van der Waals surface area contributed by atoms with Crippen molar-refractivity contribution in [2.45, 2.75) is 191 Å². The third kappa shape index (κ3) is 23.5. The summed E-state index contributed by atoms with van der Waals surface area (Å²) in [6.45, 7) is 6.31. The van der Waals surface area contributed by atoms with Crippen LogP contribution in [0.3, 0.4) is 0 Å². The van der Waals surface area contributed by atoms with Gasteiger partial charge in [-0.3, -0.25) is 51.2 Å². The largest absolute Gasteiger partial charge is 0.444 e. The summed E-state index contributed by atoms with van der Waals surface area (Å²) in [4.78, 5) is 141. The standard InChI is InChI=1S/C66H92FN19O19P2S2/c1-34(2)47(83-63(94)102-65(5,6)7)58(90)81-40(13-11-23-71-61(69)92)55(87)79-38-19-15-36(16-20-38)28-108-106(96)99-27-44-51(46(67)60(101-44)86-33-77-49-52(68)73-30-74-53(49)86)105-107(97,98-26-43-42(104-106)25-45(100-43)85-32-78-50-54(85)75-31-76-57(50)89)109-29-37-17-21-39(22-18-37)80-56(88)41(14-12-24-72-62(70)93)82-59(91)48(35(3)4)84-64(95)103-66(8,9)10/h15-22,30-35,40-48,51,60H,11-14,23-29H2,1-10H3,(H,79,87)(H,80,88)(H,81,90)(H,82,91)(H,83,94)(H,84,95)(H2,68,73,74)(H3,69,71,92)(H3,70,72,93)(H,75,76,89)/t40-,41-,42-,43+,44+,45+,46+,47?,48-,51+,60+,106?,107?/m0/s1. The molecule has 43 heteroatoms. The zero-order valence-corrected chi connectivity index (χ0v) is 64.8. The first-order chi connectivity index (χ1) is 51.4. The van der Waals surface area contributed by atoms with Crippen molar-refractivity contribution in [1.82, 2.24) is 70.9 Å². The highest BCUT2D eigenvalue weighted by Crippen LogP contribution is 2.67. The highest BCUT2D eigenvalue weighted by Gasteiger charge is 2.54. The molecule has 9 rings (SSSR count). The first-order valence-electron chi connectivity index (χ1n) is 34.8. The van der Waals surface area contributed by atoms with Crippen LogP contribution in [-0.2, 0) is 76.9 Å². The van der Waals surface area contributed by atoms with E-state index in [-0.39, 0.29) is 96.2 Å². The van der Waals surface area contributed by atoms with Crippen molar-refractivity contribution >= 4 is 124 Å². The summed E-state index contributed by atoms with van der Waals surface area (Å²) in [5.41, 5.74) is 16.2. The lowest BCUT2D eigenvalue weighted by atomic mass is 10.0. The van der Waals surface area contributed by atoms with E-state index in [4.69, 9.17) is 54.2 Å². The number of carbonyl (C=O) groups excluding carboxylic acids is 8. The van der Waals surface area contributed by atoms with Crippen molar-refractivity contribution in [1.29, 1.82) is 0 Å². The van der Waals surface area contributed by atoms with E-state index in [2.05, 4.69) is 72.4 Å². The average Bonchev–Trinajstić information content (AvgIpc) is 1.62. The van der Waals surface area contributed by atoms with Crippen molar-refractivity contribution in [2.24, 2.45) is 23.3 Å². The van der Waals surface area contributed by atoms with Gasteiger partial charge in [0.1, 0.15) is 77.9 Å². The Balaban J connectivity index is 0.960. The molecule has 10 amide bonds. The minimum Gasteiger partial charge on any atom is -0.444 e. The molecule has 15 N–H and O–H groups in total. The Hall–Kier alpha value is -9.05. The Bertz CT molecular complexity index is 4400. The van der Waals surface area contributed by atoms with Gasteiger partial charge in [0.2, 0.25) is 23.6 Å². The first kappa shape index (κ1) is 84.0. The zero-order chi connectivity index (χ0) is 79.3. The van der Waals surface area contributed by atoms with Gasteiger partial charge in [0.15, 0.2) is 35.0 Å². The van der Waals surface area contributed by atoms with Crippen molar-refractivity contribution in [3.8, 4) is 0 Å². The normalized spacial score (nSPS) is 22.8. The fourth-order valence-electron chi connectivity index (χ4n) is 11.5. The van der Waals surface area contributed by atoms with Crippen LogP contribution in [0, 0.1) is 11.8 Å². The number of rotatable bonds is 28. The van der Waals surface area contributed by atoms with Crippen LogP contribution in [-0.4, -0.2) is 179 Å². The van der Waals surface area contributed by atoms with Crippen molar-refractivity contribution in [3.63, 3.8) is 0 Å². The van der Waals surface area contributed by atoms with Crippen LogP contribution in [0.1, 0.15) is 125 Å². The molecule has 38 nitrogen and oxygen atoms in total. The lowest BCUT2D eigenvalue weighted by Crippen LogP contribution is -2.55. The molecule has 109 heavy (non-hydrogen) atoms. The molecule has 3 aliphatic rings. The number of aromatic nitrogens is 8. The van der Waals surface area contributed by atoms with Crippen LogP contribution in [0.15, 0.2) is 78.6 Å². The van der Waals surface area contributed by atoms with E-state index in [0.717, 1.165) is 17.7 Å². The van der Waals surface area contributed by atoms with Crippen LogP contribution in [0.5, 0.6) is 0 Å². The van der Waals surface area contributed by atoms with Gasteiger partial charge in [0.05, 0.1) is 32.2 Å². The molecule has 3 aliphatic heterocycles. The van der Waals surface area contributed by atoms with E-state index in [1.807, 2.05) is 0 Å². The maximum Gasteiger partial charge on any atom is 0.408 e. The number of imidazole rings is 2. The van der Waals surface area contributed by atoms with E-state index >= 15 is 13.5 Å². The number of hydrogen-bond acceptors (Lipinski definition) is 27. The minimum absolute atomic E-state index is 0.0240. The van der Waals surface area contributed by atoms with Crippen LogP contribution in [0.2, 0.25) is 0 Å². The number of carbonyl (C=O) groups is 8. The number of aromatic amines is 1. The smallest absolute Gasteiger partial charge is 0.408 e. The molecule has 2 aromatic carbocycles. The van der Waals surface area contributed by atoms with E-state index in [1.54, 1.807) is 106 Å². The van der Waals surface area contributed by atoms with Crippen molar-refractivity contribution in [2.75, 3.05) is 42.7 Å². The predicted octanol–water partition coefficient (Wildman–Crippen LogP) is 6.81. The molecule has 13 atom stereocenters. The zero-order valence-electron chi connectivity index (χ0n) is 61.4. The van der Waals surface area contributed by atoms with Gasteiger partial charge in [-0.25, -0.2) is 57.6 Å². The number of halogens is 1. The SMILES string of the molecule is CC(C)C(NC(=O)OC(C)(C)C)C(=O)N[C@@H](CCCNC(N)=O)C(=O)Nc1ccc(CSP2(=O)OC[C@H]3O[C@@H](n4cnc5c(N)ncnc54)[C@H](F)[C@@H]3OP(=O)(SCc3ccc(NC(=O)[C@H](CCCNC(N)=O)NC(=O)[C@@H](NC(=O)OC(C)(C)C)C(C)C)cc3)OC[C@H]3O[C@@H](n4cnc5c(=O)[nH]cnc54)C[C@@H]3O2)cc1. The number of nitrogen functional groups attached to an aromatic ring is 1. The number of nitrogens with two attached hydrogens (primary N) is 3. The number of H-pyrrole nitrogens is 1. The molecule has 7 heterocycles. The molecule has 0 spiro atoms. The maximum atomic E-state index is 17.8. The molecular formula is C66H92FN19O19P2S2. The molecular weight excluding hydrogens is 1510 g/mol. The van der Waals surface area contributed by atoms with Gasteiger partial charge in [-0.15, -0.1) is 0 Å². The highest BCUT2D eigenvalue weighted by atomic mass is 32.7. The van der Waals surface area contributed by atoms with Crippen molar-refractivity contribution in [3.05, 3.63) is 95.3 Å². The highest BCUT2D eigenvalue weighted by molar-refractivity contribution is 8.55. The third-order valence-electron chi connectivity index (χ3n) is 16.8. The number of hydrogen-bond donors (Lipinski definition) is 12. The third-order valence-corrected chi connectivity index (χ3v) is 24.1. The number of nitrogens with one attached hydrogen (secondary N) is 9. The summed E-state index contributed by atoms with van der Waals surface area (Å²) in [5.74, 6) is -3.81. The fourth-order valence-corrected chi connectivity index (χ4v) is 18.3. The Morgan fingerprint density at radius 1 is 0.624 bits per heavy atom. The average molecular weight is 1600 g/mol. The van der Waals surface area contributed by atoms with Gasteiger partial charge in [0, 0.05) is 42.4 Å². The Labute approximate surface area is 633 Å². The van der Waals surface area contributed by atoms with Gasteiger partial charge in [0.25, 0.3) is 5.56 Å². The topological polar surface area (TPSA) is 526 Å².